The Morgan fingerprint density at radius 2 is 2.10 bits per heavy atom. The molecule has 4 nitrogen and oxygen atoms in total. The highest BCUT2D eigenvalue weighted by molar-refractivity contribution is 5.78. The molecule has 21 heavy (non-hydrogen) atoms. The van der Waals surface area contributed by atoms with Gasteiger partial charge in [-0.1, -0.05) is 6.92 Å². The van der Waals surface area contributed by atoms with E-state index in [2.05, 4.69) is 10.2 Å². The van der Waals surface area contributed by atoms with Gasteiger partial charge in [0.15, 0.2) is 0 Å². The Hall–Kier alpha value is -1.62. The Kier molecular flexibility index (Phi) is 5.17. The van der Waals surface area contributed by atoms with E-state index in [1.807, 2.05) is 13.8 Å². The smallest absolute Gasteiger partial charge is 0.224 e. The van der Waals surface area contributed by atoms with Crippen LogP contribution in [-0.4, -0.2) is 31.6 Å². The summed E-state index contributed by atoms with van der Waals surface area (Å²) in [5, 5.41) is 2.98. The summed E-state index contributed by atoms with van der Waals surface area (Å²) in [5.74, 6) is 0.0655. The van der Waals surface area contributed by atoms with Crippen molar-refractivity contribution < 1.29 is 9.18 Å². The van der Waals surface area contributed by atoms with Crippen LogP contribution in [0.5, 0.6) is 0 Å². The van der Waals surface area contributed by atoms with Gasteiger partial charge in [-0.15, -0.1) is 0 Å². The third-order valence-electron chi connectivity index (χ3n) is 4.24. The largest absolute Gasteiger partial charge is 0.371 e. The third-order valence-corrected chi connectivity index (χ3v) is 4.24. The van der Waals surface area contributed by atoms with Gasteiger partial charge in [0.25, 0.3) is 0 Å². The Balaban J connectivity index is 1.80. The first-order valence-electron chi connectivity index (χ1n) is 7.51. The first kappa shape index (κ1) is 15.8. The molecule has 1 amide bonds. The van der Waals surface area contributed by atoms with Gasteiger partial charge >= 0.3 is 0 Å². The molecule has 1 aliphatic rings. The SMILES string of the molecule is CC(N)C(C)C(=O)NCC1CCN(c2ccc(F)cc2)C1. The van der Waals surface area contributed by atoms with Gasteiger partial charge in [-0.2, -0.15) is 0 Å². The van der Waals surface area contributed by atoms with Crippen LogP contribution in [0.2, 0.25) is 0 Å². The molecule has 5 heteroatoms. The molecule has 1 aliphatic heterocycles. The van der Waals surface area contributed by atoms with Gasteiger partial charge < -0.3 is 16.0 Å². The van der Waals surface area contributed by atoms with Crippen molar-refractivity contribution in [3.05, 3.63) is 30.1 Å². The number of carbonyl (C=O) groups is 1. The first-order chi connectivity index (χ1) is 9.97. The van der Waals surface area contributed by atoms with Crippen LogP contribution in [0.25, 0.3) is 0 Å². The Bertz CT molecular complexity index is 475. The molecule has 116 valence electrons. The van der Waals surface area contributed by atoms with Crippen LogP contribution in [0.1, 0.15) is 20.3 Å². The van der Waals surface area contributed by atoms with Gasteiger partial charge in [0.1, 0.15) is 5.82 Å². The van der Waals surface area contributed by atoms with Crippen molar-refractivity contribution in [2.75, 3.05) is 24.5 Å². The molecule has 1 saturated heterocycles. The monoisotopic (exact) mass is 293 g/mol. The first-order valence-corrected chi connectivity index (χ1v) is 7.51. The molecular formula is C16H24FN3O. The summed E-state index contributed by atoms with van der Waals surface area (Å²) in [6.07, 6.45) is 1.03. The van der Waals surface area contributed by atoms with Gasteiger partial charge in [0, 0.05) is 37.3 Å². The second-order valence-corrected chi connectivity index (χ2v) is 5.97. The third kappa shape index (κ3) is 4.17. The van der Waals surface area contributed by atoms with E-state index in [1.54, 1.807) is 12.1 Å². The standard InChI is InChI=1S/C16H24FN3O/c1-11(12(2)18)16(21)19-9-13-7-8-20(10-13)15-5-3-14(17)4-6-15/h3-6,11-13H,7-10,18H2,1-2H3,(H,19,21). The topological polar surface area (TPSA) is 58.4 Å². The minimum Gasteiger partial charge on any atom is -0.371 e. The van der Waals surface area contributed by atoms with Crippen molar-refractivity contribution in [1.29, 1.82) is 0 Å². The van der Waals surface area contributed by atoms with Gasteiger partial charge in [-0.3, -0.25) is 4.79 Å². The van der Waals surface area contributed by atoms with Crippen molar-refractivity contribution in [3.8, 4) is 0 Å². The molecule has 0 saturated carbocycles. The average molecular weight is 293 g/mol. The molecule has 1 aromatic rings. The van der Waals surface area contributed by atoms with Crippen LogP contribution in [0.15, 0.2) is 24.3 Å². The van der Waals surface area contributed by atoms with Crippen LogP contribution >= 0.6 is 0 Å². The highest BCUT2D eigenvalue weighted by Crippen LogP contribution is 2.23. The predicted molar refractivity (Wildman–Crippen MR) is 82.5 cm³/mol. The number of hydrogen-bond acceptors (Lipinski definition) is 3. The normalized spacial score (nSPS) is 21.1. The van der Waals surface area contributed by atoms with Gasteiger partial charge in [0.2, 0.25) is 5.91 Å². The molecule has 0 spiro atoms. The van der Waals surface area contributed by atoms with E-state index in [-0.39, 0.29) is 23.7 Å². The number of rotatable bonds is 5. The molecule has 3 N–H and O–H groups in total. The maximum Gasteiger partial charge on any atom is 0.224 e. The van der Waals surface area contributed by atoms with Crippen molar-refractivity contribution in [2.24, 2.45) is 17.6 Å². The van der Waals surface area contributed by atoms with Crippen LogP contribution in [-0.2, 0) is 4.79 Å². The number of nitrogens with zero attached hydrogens (tertiary/aromatic N) is 1. The van der Waals surface area contributed by atoms with Crippen molar-refractivity contribution in [2.45, 2.75) is 26.3 Å². The fraction of sp³-hybridized carbons (Fsp3) is 0.562. The van der Waals surface area contributed by atoms with Crippen molar-refractivity contribution in [1.82, 2.24) is 5.32 Å². The molecule has 3 unspecified atom stereocenters. The van der Waals surface area contributed by atoms with E-state index in [9.17, 15) is 9.18 Å². The number of benzene rings is 1. The summed E-state index contributed by atoms with van der Waals surface area (Å²) in [6, 6.07) is 6.43. The minimum absolute atomic E-state index is 0.0187. The Labute approximate surface area is 125 Å². The summed E-state index contributed by atoms with van der Waals surface area (Å²) in [5.41, 5.74) is 6.77. The second kappa shape index (κ2) is 6.89. The molecule has 0 aliphatic carbocycles. The lowest BCUT2D eigenvalue weighted by Crippen LogP contribution is -2.40. The van der Waals surface area contributed by atoms with Gasteiger partial charge in [-0.05, 0) is 43.5 Å². The fourth-order valence-corrected chi connectivity index (χ4v) is 2.53. The van der Waals surface area contributed by atoms with Crippen LogP contribution in [0, 0.1) is 17.7 Å². The second-order valence-electron chi connectivity index (χ2n) is 5.97. The molecule has 1 fully saturated rings. The number of nitrogens with two attached hydrogens (primary N) is 1. The van der Waals surface area contributed by atoms with E-state index in [1.165, 1.54) is 12.1 Å². The lowest BCUT2D eigenvalue weighted by Gasteiger charge is -2.20. The molecule has 1 aromatic carbocycles. The minimum atomic E-state index is -0.216. The number of amides is 1. The molecule has 0 radical (unpaired) electrons. The highest BCUT2D eigenvalue weighted by Gasteiger charge is 2.24. The summed E-state index contributed by atoms with van der Waals surface area (Å²) in [4.78, 5) is 14.1. The lowest BCUT2D eigenvalue weighted by molar-refractivity contribution is -0.125. The quantitative estimate of drug-likeness (QED) is 0.869. The van der Waals surface area contributed by atoms with Crippen LogP contribution in [0.4, 0.5) is 10.1 Å². The van der Waals surface area contributed by atoms with Crippen LogP contribution < -0.4 is 16.0 Å². The summed E-state index contributed by atoms with van der Waals surface area (Å²) in [7, 11) is 0. The van der Waals surface area contributed by atoms with Gasteiger partial charge in [-0.25, -0.2) is 4.39 Å². The number of halogens is 1. The fourth-order valence-electron chi connectivity index (χ4n) is 2.53. The zero-order chi connectivity index (χ0) is 15.4. The molecule has 2 rings (SSSR count). The molecular weight excluding hydrogens is 269 g/mol. The number of hydrogen-bond donors (Lipinski definition) is 2. The zero-order valence-corrected chi connectivity index (χ0v) is 12.7. The highest BCUT2D eigenvalue weighted by atomic mass is 19.1. The van der Waals surface area contributed by atoms with Crippen molar-refractivity contribution in [3.63, 3.8) is 0 Å². The molecule has 0 aromatic heterocycles. The van der Waals surface area contributed by atoms with Crippen molar-refractivity contribution >= 4 is 11.6 Å². The number of carbonyl (C=O) groups excluding carboxylic acids is 1. The van der Waals surface area contributed by atoms with E-state index in [4.69, 9.17) is 5.73 Å². The summed E-state index contributed by atoms with van der Waals surface area (Å²) >= 11 is 0. The Morgan fingerprint density at radius 1 is 1.43 bits per heavy atom. The summed E-state index contributed by atoms with van der Waals surface area (Å²) in [6.45, 7) is 6.19. The maximum absolute atomic E-state index is 12.9. The predicted octanol–water partition coefficient (Wildman–Crippen LogP) is 1.75. The van der Waals surface area contributed by atoms with E-state index >= 15 is 0 Å². The molecule has 3 atom stereocenters. The number of nitrogens with one attached hydrogen (secondary N) is 1. The van der Waals surface area contributed by atoms with Crippen LogP contribution in [0.3, 0.4) is 0 Å². The Morgan fingerprint density at radius 3 is 2.71 bits per heavy atom. The lowest BCUT2D eigenvalue weighted by atomic mass is 10.0. The van der Waals surface area contributed by atoms with E-state index in [0.717, 1.165) is 25.2 Å². The summed E-state index contributed by atoms with van der Waals surface area (Å²) < 4.78 is 12.9. The molecule has 1 heterocycles. The van der Waals surface area contributed by atoms with Gasteiger partial charge in [0.05, 0.1) is 0 Å². The number of anilines is 1. The maximum atomic E-state index is 12.9. The van der Waals surface area contributed by atoms with E-state index in [0.29, 0.717) is 12.5 Å². The van der Waals surface area contributed by atoms with E-state index < -0.39 is 0 Å². The molecule has 0 bridgehead atoms. The average Bonchev–Trinajstić information content (AvgIpc) is 2.93. The zero-order valence-electron chi connectivity index (χ0n) is 12.7.